The second-order valence-corrected chi connectivity index (χ2v) is 5.15. The Morgan fingerprint density at radius 1 is 1.28 bits per heavy atom. The molecule has 6 nitrogen and oxygen atoms in total. The molecule has 2 heterocycles. The van der Waals surface area contributed by atoms with E-state index in [4.69, 9.17) is 0 Å². The molecule has 1 saturated carbocycles. The maximum absolute atomic E-state index is 4.30. The molecule has 2 aromatic rings. The molecule has 2 aromatic heterocycles. The van der Waals surface area contributed by atoms with Gasteiger partial charge in [0.05, 0.1) is 6.04 Å². The van der Waals surface area contributed by atoms with E-state index < -0.39 is 0 Å². The summed E-state index contributed by atoms with van der Waals surface area (Å²) < 4.78 is 1.83. The quantitative estimate of drug-likeness (QED) is 0.898. The second kappa shape index (κ2) is 4.51. The molecule has 0 unspecified atom stereocenters. The van der Waals surface area contributed by atoms with E-state index in [-0.39, 0.29) is 6.04 Å². The highest BCUT2D eigenvalue weighted by Gasteiger charge is 2.18. The van der Waals surface area contributed by atoms with E-state index >= 15 is 0 Å². The summed E-state index contributed by atoms with van der Waals surface area (Å²) in [5, 5.41) is 11.8. The van der Waals surface area contributed by atoms with Crippen LogP contribution in [0.1, 0.15) is 45.6 Å². The lowest BCUT2D eigenvalue weighted by Gasteiger charge is -2.12. The molecule has 18 heavy (non-hydrogen) atoms. The molecule has 1 aliphatic carbocycles. The van der Waals surface area contributed by atoms with Crippen molar-refractivity contribution in [2.24, 2.45) is 0 Å². The summed E-state index contributed by atoms with van der Waals surface area (Å²) in [6, 6.07) is 0.775. The number of aromatic nitrogens is 5. The average Bonchev–Trinajstić information content (AvgIpc) is 2.97. The van der Waals surface area contributed by atoms with Crippen molar-refractivity contribution in [1.29, 1.82) is 0 Å². The van der Waals surface area contributed by atoms with Gasteiger partial charge in [0.2, 0.25) is 0 Å². The summed E-state index contributed by atoms with van der Waals surface area (Å²) in [6.45, 7) is 4.14. The van der Waals surface area contributed by atoms with Crippen LogP contribution in [0, 0.1) is 0 Å². The number of anilines is 1. The van der Waals surface area contributed by atoms with Crippen LogP contribution in [0.25, 0.3) is 11.2 Å². The van der Waals surface area contributed by atoms with Gasteiger partial charge in [-0.05, 0) is 26.7 Å². The second-order valence-electron chi connectivity index (χ2n) is 5.15. The third-order valence-electron chi connectivity index (χ3n) is 3.45. The lowest BCUT2D eigenvalue weighted by atomic mass is 10.2. The molecule has 6 heteroatoms. The molecular formula is C12H18N6. The fourth-order valence-electron chi connectivity index (χ4n) is 2.48. The zero-order valence-electron chi connectivity index (χ0n) is 10.8. The Kier molecular flexibility index (Phi) is 2.85. The molecule has 0 spiro atoms. The van der Waals surface area contributed by atoms with Gasteiger partial charge in [0, 0.05) is 6.04 Å². The van der Waals surface area contributed by atoms with Crippen LogP contribution in [-0.4, -0.2) is 31.0 Å². The minimum absolute atomic E-state index is 0.254. The minimum atomic E-state index is 0.254. The van der Waals surface area contributed by atoms with Crippen LogP contribution in [-0.2, 0) is 0 Å². The van der Waals surface area contributed by atoms with Crippen molar-refractivity contribution in [3.8, 4) is 0 Å². The summed E-state index contributed by atoms with van der Waals surface area (Å²) in [5.41, 5.74) is 1.58. The molecule has 0 bridgehead atoms. The average molecular weight is 246 g/mol. The van der Waals surface area contributed by atoms with Gasteiger partial charge in [0.1, 0.15) is 6.33 Å². The molecule has 1 fully saturated rings. The molecule has 0 radical (unpaired) electrons. The molecule has 0 saturated heterocycles. The highest BCUT2D eigenvalue weighted by atomic mass is 15.5. The van der Waals surface area contributed by atoms with Gasteiger partial charge in [0.15, 0.2) is 17.0 Å². The topological polar surface area (TPSA) is 68.5 Å². The molecular weight excluding hydrogens is 228 g/mol. The zero-order chi connectivity index (χ0) is 12.5. The normalized spacial score (nSPS) is 16.8. The summed E-state index contributed by atoms with van der Waals surface area (Å²) in [7, 11) is 0. The Bertz CT molecular complexity index is 540. The summed E-state index contributed by atoms with van der Waals surface area (Å²) >= 11 is 0. The first-order chi connectivity index (χ1) is 8.75. The van der Waals surface area contributed by atoms with Crippen molar-refractivity contribution in [2.75, 3.05) is 5.32 Å². The SMILES string of the molecule is CC(C)n1nnc2c(NC3CCCC3)ncnc21. The van der Waals surface area contributed by atoms with Gasteiger partial charge >= 0.3 is 0 Å². The van der Waals surface area contributed by atoms with Crippen LogP contribution < -0.4 is 5.32 Å². The van der Waals surface area contributed by atoms with Crippen LogP contribution >= 0.6 is 0 Å². The number of nitrogens with one attached hydrogen (secondary N) is 1. The summed E-state index contributed by atoms with van der Waals surface area (Å²) in [4.78, 5) is 8.59. The Morgan fingerprint density at radius 3 is 2.78 bits per heavy atom. The first kappa shape index (κ1) is 11.4. The molecule has 0 atom stereocenters. The largest absolute Gasteiger partial charge is 0.365 e. The smallest absolute Gasteiger partial charge is 0.184 e. The fraction of sp³-hybridized carbons (Fsp3) is 0.667. The fourth-order valence-corrected chi connectivity index (χ4v) is 2.48. The molecule has 0 aromatic carbocycles. The highest BCUT2D eigenvalue weighted by Crippen LogP contribution is 2.24. The number of rotatable bonds is 3. The first-order valence-electron chi connectivity index (χ1n) is 6.58. The Labute approximate surface area is 106 Å². The predicted octanol–water partition coefficient (Wildman–Crippen LogP) is 2.16. The number of hydrogen-bond acceptors (Lipinski definition) is 5. The van der Waals surface area contributed by atoms with Crippen molar-refractivity contribution in [1.82, 2.24) is 25.0 Å². The van der Waals surface area contributed by atoms with Gasteiger partial charge in [0.25, 0.3) is 0 Å². The van der Waals surface area contributed by atoms with Crippen LogP contribution in [0.2, 0.25) is 0 Å². The van der Waals surface area contributed by atoms with Crippen molar-refractivity contribution in [2.45, 2.75) is 51.6 Å². The van der Waals surface area contributed by atoms with Gasteiger partial charge < -0.3 is 5.32 Å². The zero-order valence-corrected chi connectivity index (χ0v) is 10.8. The van der Waals surface area contributed by atoms with E-state index in [0.717, 1.165) is 17.0 Å². The molecule has 1 aliphatic rings. The van der Waals surface area contributed by atoms with Crippen molar-refractivity contribution < 1.29 is 0 Å². The van der Waals surface area contributed by atoms with Crippen molar-refractivity contribution >= 4 is 17.0 Å². The summed E-state index contributed by atoms with van der Waals surface area (Å²) in [5.74, 6) is 0.818. The lowest BCUT2D eigenvalue weighted by molar-refractivity contribution is 0.526. The molecule has 3 rings (SSSR count). The Morgan fingerprint density at radius 2 is 2.06 bits per heavy atom. The standard InChI is InChI=1S/C12H18N6/c1-8(2)18-12-10(16-17-18)11(13-7-14-12)15-9-5-3-4-6-9/h7-9H,3-6H2,1-2H3,(H,13,14,15). The Hall–Kier alpha value is -1.72. The van der Waals surface area contributed by atoms with Crippen molar-refractivity contribution in [3.05, 3.63) is 6.33 Å². The molecule has 0 aliphatic heterocycles. The van der Waals surface area contributed by atoms with Crippen LogP contribution in [0.4, 0.5) is 5.82 Å². The van der Waals surface area contributed by atoms with Gasteiger partial charge in [-0.3, -0.25) is 0 Å². The molecule has 0 amide bonds. The number of hydrogen-bond donors (Lipinski definition) is 1. The number of nitrogens with zero attached hydrogens (tertiary/aromatic N) is 5. The van der Waals surface area contributed by atoms with Crippen LogP contribution in [0.5, 0.6) is 0 Å². The monoisotopic (exact) mass is 246 g/mol. The van der Waals surface area contributed by atoms with Crippen LogP contribution in [0.3, 0.4) is 0 Å². The van der Waals surface area contributed by atoms with Gasteiger partial charge in [-0.2, -0.15) is 0 Å². The lowest BCUT2D eigenvalue weighted by Crippen LogP contribution is -2.16. The van der Waals surface area contributed by atoms with Crippen molar-refractivity contribution in [3.63, 3.8) is 0 Å². The highest BCUT2D eigenvalue weighted by molar-refractivity contribution is 5.82. The van der Waals surface area contributed by atoms with Gasteiger partial charge in [-0.25, -0.2) is 14.6 Å². The predicted molar refractivity (Wildman–Crippen MR) is 69.4 cm³/mol. The Balaban J connectivity index is 1.96. The maximum atomic E-state index is 4.30. The first-order valence-corrected chi connectivity index (χ1v) is 6.58. The molecule has 1 N–H and O–H groups in total. The van der Waals surface area contributed by atoms with E-state index in [1.807, 2.05) is 4.68 Å². The van der Waals surface area contributed by atoms with Gasteiger partial charge in [-0.1, -0.05) is 18.1 Å². The van der Waals surface area contributed by atoms with E-state index in [1.165, 1.54) is 25.7 Å². The molecule has 96 valence electrons. The third kappa shape index (κ3) is 1.91. The van der Waals surface area contributed by atoms with E-state index in [0.29, 0.717) is 6.04 Å². The van der Waals surface area contributed by atoms with E-state index in [2.05, 4.69) is 39.4 Å². The maximum Gasteiger partial charge on any atom is 0.184 e. The third-order valence-corrected chi connectivity index (χ3v) is 3.45. The van der Waals surface area contributed by atoms with E-state index in [1.54, 1.807) is 6.33 Å². The number of fused-ring (bicyclic) bond motifs is 1. The van der Waals surface area contributed by atoms with Crippen LogP contribution in [0.15, 0.2) is 6.33 Å². The minimum Gasteiger partial charge on any atom is -0.365 e. The summed E-state index contributed by atoms with van der Waals surface area (Å²) in [6.07, 6.45) is 6.60. The van der Waals surface area contributed by atoms with Gasteiger partial charge in [-0.15, -0.1) is 5.10 Å². The van der Waals surface area contributed by atoms with E-state index in [9.17, 15) is 0 Å².